The van der Waals surface area contributed by atoms with Crippen LogP contribution < -0.4 is 5.32 Å². The van der Waals surface area contributed by atoms with E-state index in [0.29, 0.717) is 0 Å². The van der Waals surface area contributed by atoms with E-state index in [4.69, 9.17) is 0 Å². The van der Waals surface area contributed by atoms with Gasteiger partial charge in [0.2, 0.25) is 0 Å². The molecule has 0 fully saturated rings. The fraction of sp³-hybridized carbons (Fsp3) is 0.182. The van der Waals surface area contributed by atoms with Crippen molar-refractivity contribution >= 4 is 23.3 Å². The van der Waals surface area contributed by atoms with Crippen LogP contribution in [-0.2, 0) is 6.42 Å². The molecule has 3 nitrogen and oxygen atoms in total. The number of anilines is 2. The molecule has 0 bridgehead atoms. The highest BCUT2D eigenvalue weighted by Crippen LogP contribution is 2.33. The summed E-state index contributed by atoms with van der Waals surface area (Å²) in [5.74, 6) is 2.14. The van der Waals surface area contributed by atoms with Gasteiger partial charge in [0.1, 0.15) is 5.82 Å². The molecule has 1 aromatic carbocycles. The lowest BCUT2D eigenvalue weighted by atomic mass is 10.1. The number of aromatic nitrogens is 2. The summed E-state index contributed by atoms with van der Waals surface area (Å²) in [5, 5.41) is 10.1. The average Bonchev–Trinajstić information content (AvgIpc) is 2.87. The van der Waals surface area contributed by atoms with Gasteiger partial charge in [-0.2, -0.15) is 5.10 Å². The molecule has 1 aliphatic heterocycles. The van der Waals surface area contributed by atoms with E-state index in [1.165, 1.54) is 22.6 Å². The number of rotatable bonds is 2. The number of aryl methyl sites for hydroxylation is 1. The highest BCUT2D eigenvalue weighted by atomic mass is 32.2. The molecule has 0 unspecified atom stereocenters. The fourth-order valence-corrected chi connectivity index (χ4v) is 2.80. The van der Waals surface area contributed by atoms with Gasteiger partial charge in [0.25, 0.3) is 0 Å². The van der Waals surface area contributed by atoms with Crippen LogP contribution in [0.5, 0.6) is 0 Å². The first-order valence-electron chi connectivity index (χ1n) is 4.94. The van der Waals surface area contributed by atoms with Crippen molar-refractivity contribution < 1.29 is 0 Å². The van der Waals surface area contributed by atoms with Crippen molar-refractivity contribution in [2.24, 2.45) is 0 Å². The Balaban J connectivity index is 1.87. The molecule has 2 aromatic rings. The van der Waals surface area contributed by atoms with Gasteiger partial charge in [0.15, 0.2) is 0 Å². The minimum atomic E-state index is 0.931. The summed E-state index contributed by atoms with van der Waals surface area (Å²) >= 11 is 1.94. The van der Waals surface area contributed by atoms with Crippen LogP contribution in [0.2, 0.25) is 0 Å². The first kappa shape index (κ1) is 8.85. The van der Waals surface area contributed by atoms with Crippen molar-refractivity contribution in [3.05, 3.63) is 36.0 Å². The van der Waals surface area contributed by atoms with Crippen LogP contribution in [0.15, 0.2) is 35.4 Å². The second-order valence-electron chi connectivity index (χ2n) is 3.52. The topological polar surface area (TPSA) is 40.7 Å². The number of H-pyrrole nitrogens is 1. The van der Waals surface area contributed by atoms with Gasteiger partial charge in [-0.1, -0.05) is 0 Å². The number of fused-ring (bicyclic) bond motifs is 1. The Kier molecular flexibility index (Phi) is 2.14. The third-order valence-electron chi connectivity index (χ3n) is 2.47. The van der Waals surface area contributed by atoms with E-state index in [1.807, 2.05) is 17.8 Å². The highest BCUT2D eigenvalue weighted by Gasteiger charge is 2.11. The van der Waals surface area contributed by atoms with Gasteiger partial charge in [-0.15, -0.1) is 11.8 Å². The summed E-state index contributed by atoms with van der Waals surface area (Å²) in [5.41, 5.74) is 2.57. The van der Waals surface area contributed by atoms with Crippen molar-refractivity contribution in [3.8, 4) is 0 Å². The van der Waals surface area contributed by atoms with Gasteiger partial charge < -0.3 is 5.32 Å². The lowest BCUT2D eigenvalue weighted by Crippen LogP contribution is -1.91. The number of nitrogens with one attached hydrogen (secondary N) is 2. The van der Waals surface area contributed by atoms with Crippen LogP contribution >= 0.6 is 11.8 Å². The first-order chi connectivity index (χ1) is 7.42. The van der Waals surface area contributed by atoms with E-state index in [9.17, 15) is 0 Å². The predicted octanol–water partition coefficient (Wildman–Crippen LogP) is 2.80. The maximum atomic E-state index is 3.90. The maximum absolute atomic E-state index is 3.90. The third-order valence-corrected chi connectivity index (χ3v) is 3.59. The van der Waals surface area contributed by atoms with Crippen LogP contribution in [0.4, 0.5) is 11.5 Å². The van der Waals surface area contributed by atoms with E-state index in [2.05, 4.69) is 33.7 Å². The number of aromatic amines is 1. The zero-order valence-electron chi connectivity index (χ0n) is 8.16. The Hall–Kier alpha value is -1.42. The second-order valence-corrected chi connectivity index (χ2v) is 4.65. The van der Waals surface area contributed by atoms with E-state index < -0.39 is 0 Å². The maximum Gasteiger partial charge on any atom is 0.125 e. The van der Waals surface area contributed by atoms with Crippen molar-refractivity contribution in [2.45, 2.75) is 11.3 Å². The van der Waals surface area contributed by atoms with Crippen molar-refractivity contribution in [1.82, 2.24) is 10.2 Å². The minimum Gasteiger partial charge on any atom is -0.341 e. The molecule has 0 saturated carbocycles. The number of hydrogen-bond acceptors (Lipinski definition) is 3. The summed E-state index contributed by atoms with van der Waals surface area (Å²) in [6.07, 6.45) is 2.92. The molecule has 0 aliphatic carbocycles. The second kappa shape index (κ2) is 3.62. The molecular weight excluding hydrogens is 206 g/mol. The van der Waals surface area contributed by atoms with Gasteiger partial charge in [-0.3, -0.25) is 5.10 Å². The molecule has 1 aromatic heterocycles. The number of thioether (sulfide) groups is 1. The largest absolute Gasteiger partial charge is 0.341 e. The summed E-state index contributed by atoms with van der Waals surface area (Å²) in [7, 11) is 0. The van der Waals surface area contributed by atoms with E-state index in [1.54, 1.807) is 6.20 Å². The summed E-state index contributed by atoms with van der Waals surface area (Å²) in [4.78, 5) is 1.42. The summed E-state index contributed by atoms with van der Waals surface area (Å²) < 4.78 is 0. The molecular formula is C11H11N3S. The van der Waals surface area contributed by atoms with Gasteiger partial charge in [-0.05, 0) is 30.2 Å². The predicted molar refractivity (Wildman–Crippen MR) is 62.7 cm³/mol. The van der Waals surface area contributed by atoms with Gasteiger partial charge >= 0.3 is 0 Å². The zero-order valence-corrected chi connectivity index (χ0v) is 8.97. The van der Waals surface area contributed by atoms with Crippen molar-refractivity contribution in [1.29, 1.82) is 0 Å². The smallest absolute Gasteiger partial charge is 0.125 e. The Bertz CT molecular complexity index is 465. The first-order valence-corrected chi connectivity index (χ1v) is 5.92. The molecule has 0 saturated heterocycles. The molecule has 15 heavy (non-hydrogen) atoms. The monoisotopic (exact) mass is 217 g/mol. The molecule has 0 amide bonds. The molecule has 76 valence electrons. The molecule has 2 heterocycles. The Morgan fingerprint density at radius 2 is 2.33 bits per heavy atom. The number of nitrogens with zero attached hydrogens (tertiary/aromatic N) is 1. The zero-order chi connectivity index (χ0) is 10.1. The molecule has 4 heteroatoms. The fourth-order valence-electron chi connectivity index (χ4n) is 1.75. The van der Waals surface area contributed by atoms with Crippen LogP contribution in [0.25, 0.3) is 0 Å². The summed E-state index contributed by atoms with van der Waals surface area (Å²) in [6.45, 7) is 0. The minimum absolute atomic E-state index is 0.931. The lowest BCUT2D eigenvalue weighted by Gasteiger charge is -2.05. The molecule has 1 aliphatic rings. The Labute approximate surface area is 92.3 Å². The van der Waals surface area contributed by atoms with Crippen molar-refractivity contribution in [2.75, 3.05) is 11.1 Å². The molecule has 2 N–H and O–H groups in total. The number of hydrogen-bond donors (Lipinski definition) is 2. The van der Waals surface area contributed by atoms with Crippen molar-refractivity contribution in [3.63, 3.8) is 0 Å². The average molecular weight is 217 g/mol. The standard InChI is InChI=1S/C11H11N3S/c1-2-10-8(4-6-15-10)7-9(1)13-11-3-5-12-14-11/h1-3,5,7H,4,6H2,(H2,12,13,14). The molecule has 0 radical (unpaired) electrons. The molecule has 3 rings (SSSR count). The summed E-state index contributed by atoms with van der Waals surface area (Å²) in [6, 6.07) is 8.43. The molecule has 0 atom stereocenters. The Morgan fingerprint density at radius 1 is 1.33 bits per heavy atom. The van der Waals surface area contributed by atoms with Gasteiger partial charge in [0.05, 0.1) is 6.20 Å². The lowest BCUT2D eigenvalue weighted by molar-refractivity contribution is 1.09. The number of benzene rings is 1. The van der Waals surface area contributed by atoms with Gasteiger partial charge in [0, 0.05) is 22.4 Å². The van der Waals surface area contributed by atoms with Crippen LogP contribution in [0.3, 0.4) is 0 Å². The van der Waals surface area contributed by atoms with Crippen LogP contribution in [0.1, 0.15) is 5.56 Å². The highest BCUT2D eigenvalue weighted by molar-refractivity contribution is 7.99. The SMILES string of the molecule is c1cc(Nc2ccc3c(c2)CCS3)[nH]n1. The quantitative estimate of drug-likeness (QED) is 0.812. The van der Waals surface area contributed by atoms with E-state index in [-0.39, 0.29) is 0 Å². The van der Waals surface area contributed by atoms with Gasteiger partial charge in [-0.25, -0.2) is 0 Å². The Morgan fingerprint density at radius 3 is 3.20 bits per heavy atom. The third kappa shape index (κ3) is 1.72. The van der Waals surface area contributed by atoms with E-state index in [0.717, 1.165) is 11.5 Å². The van der Waals surface area contributed by atoms with E-state index >= 15 is 0 Å². The normalized spacial score (nSPS) is 13.9. The van der Waals surface area contributed by atoms with Crippen LogP contribution in [0, 0.1) is 0 Å². The molecule has 0 spiro atoms. The van der Waals surface area contributed by atoms with Crippen LogP contribution in [-0.4, -0.2) is 16.0 Å².